The number of hydrogen-bond donors (Lipinski definition) is 3. The molecule has 0 spiro atoms. The third-order valence-corrected chi connectivity index (χ3v) is 6.07. The number of aliphatic hydroxyl groups excluding tert-OH is 1. The maximum Gasteiger partial charge on any atom is 0.164 e. The average Bonchev–Trinajstić information content (AvgIpc) is 3.20. The number of ether oxygens (including phenoxy) is 2. The van der Waals surface area contributed by atoms with Gasteiger partial charge in [-0.05, 0) is 45.9 Å². The lowest BCUT2D eigenvalue weighted by Crippen LogP contribution is -2.37. The van der Waals surface area contributed by atoms with Crippen LogP contribution < -0.4 is 20.3 Å². The van der Waals surface area contributed by atoms with Crippen molar-refractivity contribution < 1.29 is 19.1 Å². The van der Waals surface area contributed by atoms with E-state index in [1.54, 1.807) is 7.05 Å². The summed E-state index contributed by atoms with van der Waals surface area (Å²) in [7, 11) is 3.85. The lowest BCUT2D eigenvalue weighted by atomic mass is 10.1. The molecule has 1 saturated heterocycles. The van der Waals surface area contributed by atoms with Gasteiger partial charge in [0.25, 0.3) is 0 Å². The second-order valence-corrected chi connectivity index (χ2v) is 8.76. The number of aliphatic hydroxyl groups is 1. The standard InChI is InChI=1S/C25H34N6O4/c1-16-24(17(2)35-30-16)27-22-13-23(31(4)19-8-10-33-11-9-19)29-25(28-22)18-6-5-7-21(12-18)34-15-20(32)14-26-3/h5-7,12-13,19-20,26,32H,8-11,14-15H2,1-4H3,(H,27,28,29). The molecule has 3 N–H and O–H groups in total. The zero-order valence-electron chi connectivity index (χ0n) is 20.7. The third-order valence-electron chi connectivity index (χ3n) is 6.07. The second-order valence-electron chi connectivity index (χ2n) is 8.76. The molecule has 1 fully saturated rings. The van der Waals surface area contributed by atoms with E-state index in [2.05, 4.69) is 27.7 Å². The Labute approximate surface area is 205 Å². The van der Waals surface area contributed by atoms with Gasteiger partial charge in [0, 0.05) is 44.5 Å². The van der Waals surface area contributed by atoms with Crippen LogP contribution in [0.5, 0.6) is 5.75 Å². The van der Waals surface area contributed by atoms with Gasteiger partial charge in [0.05, 0.1) is 0 Å². The number of benzene rings is 1. The molecular weight excluding hydrogens is 448 g/mol. The van der Waals surface area contributed by atoms with Gasteiger partial charge < -0.3 is 34.6 Å². The molecule has 0 radical (unpaired) electrons. The number of hydrogen-bond acceptors (Lipinski definition) is 10. The average molecular weight is 483 g/mol. The molecule has 1 aromatic carbocycles. The molecule has 10 nitrogen and oxygen atoms in total. The van der Waals surface area contributed by atoms with E-state index in [-0.39, 0.29) is 6.61 Å². The molecule has 0 saturated carbocycles. The number of nitrogens with one attached hydrogen (secondary N) is 2. The number of nitrogens with zero attached hydrogens (tertiary/aromatic N) is 4. The molecule has 1 aliphatic heterocycles. The maximum absolute atomic E-state index is 9.97. The van der Waals surface area contributed by atoms with Gasteiger partial charge >= 0.3 is 0 Å². The van der Waals surface area contributed by atoms with Crippen LogP contribution in [0.25, 0.3) is 11.4 Å². The smallest absolute Gasteiger partial charge is 0.164 e. The van der Waals surface area contributed by atoms with Crippen LogP contribution in [0.2, 0.25) is 0 Å². The number of likely N-dealkylation sites (N-methyl/N-ethyl adjacent to an activating group) is 1. The minimum atomic E-state index is -0.595. The Morgan fingerprint density at radius 3 is 2.71 bits per heavy atom. The minimum Gasteiger partial charge on any atom is -0.491 e. The van der Waals surface area contributed by atoms with Gasteiger partial charge in [0.2, 0.25) is 0 Å². The lowest BCUT2D eigenvalue weighted by Gasteiger charge is -2.32. The summed E-state index contributed by atoms with van der Waals surface area (Å²) >= 11 is 0. The molecule has 1 unspecified atom stereocenters. The molecule has 0 bridgehead atoms. The fourth-order valence-corrected chi connectivity index (χ4v) is 4.07. The van der Waals surface area contributed by atoms with Crippen LogP contribution in [0.15, 0.2) is 34.9 Å². The Bertz CT molecular complexity index is 1100. The first-order chi connectivity index (χ1) is 16.9. The van der Waals surface area contributed by atoms with Gasteiger partial charge in [-0.1, -0.05) is 17.3 Å². The van der Waals surface area contributed by atoms with E-state index in [0.29, 0.717) is 35.7 Å². The zero-order valence-corrected chi connectivity index (χ0v) is 20.7. The quantitative estimate of drug-likeness (QED) is 0.398. The number of aromatic nitrogens is 3. The Morgan fingerprint density at radius 2 is 2.00 bits per heavy atom. The fraction of sp³-hybridized carbons (Fsp3) is 0.480. The van der Waals surface area contributed by atoms with Gasteiger partial charge in [-0.2, -0.15) is 0 Å². The van der Waals surface area contributed by atoms with Crippen LogP contribution in [0.3, 0.4) is 0 Å². The van der Waals surface area contributed by atoms with Crippen LogP contribution >= 0.6 is 0 Å². The molecule has 3 heterocycles. The summed E-state index contributed by atoms with van der Waals surface area (Å²) < 4.78 is 16.7. The van der Waals surface area contributed by atoms with E-state index in [1.165, 1.54) is 0 Å². The van der Waals surface area contributed by atoms with E-state index < -0.39 is 6.10 Å². The molecule has 1 atom stereocenters. The van der Waals surface area contributed by atoms with E-state index in [4.69, 9.17) is 24.0 Å². The monoisotopic (exact) mass is 482 g/mol. The van der Waals surface area contributed by atoms with E-state index >= 15 is 0 Å². The van der Waals surface area contributed by atoms with Crippen molar-refractivity contribution in [2.75, 3.05) is 50.7 Å². The van der Waals surface area contributed by atoms with Crippen molar-refractivity contribution in [3.05, 3.63) is 41.8 Å². The molecule has 1 aliphatic rings. The summed E-state index contributed by atoms with van der Waals surface area (Å²) in [6.07, 6.45) is 1.30. The van der Waals surface area contributed by atoms with Crippen molar-refractivity contribution in [2.45, 2.75) is 38.8 Å². The predicted octanol–water partition coefficient (Wildman–Crippen LogP) is 3.07. The molecule has 10 heteroatoms. The van der Waals surface area contributed by atoms with E-state index in [1.807, 2.05) is 44.2 Å². The molecule has 188 valence electrons. The molecule has 4 rings (SSSR count). The topological polar surface area (TPSA) is 118 Å². The van der Waals surface area contributed by atoms with Crippen LogP contribution in [0.1, 0.15) is 24.3 Å². The van der Waals surface area contributed by atoms with Crippen LogP contribution in [0.4, 0.5) is 17.3 Å². The highest BCUT2D eigenvalue weighted by Gasteiger charge is 2.22. The molecule has 35 heavy (non-hydrogen) atoms. The number of rotatable bonds is 10. The van der Waals surface area contributed by atoms with Crippen molar-refractivity contribution in [3.8, 4) is 17.1 Å². The molecule has 2 aromatic heterocycles. The summed E-state index contributed by atoms with van der Waals surface area (Å²) in [5, 5.41) is 20.3. The van der Waals surface area contributed by atoms with Crippen molar-refractivity contribution in [1.29, 1.82) is 0 Å². The van der Waals surface area contributed by atoms with Crippen LogP contribution in [-0.2, 0) is 4.74 Å². The van der Waals surface area contributed by atoms with Crippen LogP contribution in [-0.4, -0.2) is 72.8 Å². The zero-order chi connectivity index (χ0) is 24.8. The third kappa shape index (κ3) is 6.27. The number of aryl methyl sites for hydroxylation is 2. The van der Waals surface area contributed by atoms with Gasteiger partial charge in [-0.25, -0.2) is 9.97 Å². The summed E-state index contributed by atoms with van der Waals surface area (Å²) in [5.41, 5.74) is 2.37. The SMILES string of the molecule is CNCC(O)COc1cccc(-c2nc(Nc3c(C)noc3C)cc(N(C)C3CCOCC3)n2)c1. The largest absolute Gasteiger partial charge is 0.491 e. The Balaban J connectivity index is 1.65. The first-order valence-electron chi connectivity index (χ1n) is 11.9. The van der Waals surface area contributed by atoms with E-state index in [0.717, 1.165) is 48.8 Å². The molecule has 0 aliphatic carbocycles. The van der Waals surface area contributed by atoms with Crippen molar-refractivity contribution in [3.63, 3.8) is 0 Å². The minimum absolute atomic E-state index is 0.191. The molecule has 3 aromatic rings. The second kappa shape index (κ2) is 11.5. The summed E-state index contributed by atoms with van der Waals surface area (Å²) in [6, 6.07) is 9.87. The summed E-state index contributed by atoms with van der Waals surface area (Å²) in [5.74, 6) is 3.36. The first-order valence-corrected chi connectivity index (χ1v) is 11.9. The first kappa shape index (κ1) is 24.9. The fourth-order valence-electron chi connectivity index (χ4n) is 4.07. The van der Waals surface area contributed by atoms with Gasteiger partial charge in [0.15, 0.2) is 11.6 Å². The van der Waals surface area contributed by atoms with Gasteiger partial charge in [0.1, 0.15) is 41.5 Å². The summed E-state index contributed by atoms with van der Waals surface area (Å²) in [4.78, 5) is 11.9. The number of anilines is 3. The van der Waals surface area contributed by atoms with Crippen molar-refractivity contribution in [1.82, 2.24) is 20.4 Å². The highest BCUT2D eigenvalue weighted by atomic mass is 16.5. The van der Waals surface area contributed by atoms with Crippen LogP contribution in [0, 0.1) is 13.8 Å². The normalized spacial score (nSPS) is 15.1. The van der Waals surface area contributed by atoms with Gasteiger partial charge in [-0.3, -0.25) is 0 Å². The molecule has 0 amide bonds. The molecular formula is C25H34N6O4. The Hall–Kier alpha value is -3.21. The van der Waals surface area contributed by atoms with E-state index in [9.17, 15) is 5.11 Å². The van der Waals surface area contributed by atoms with Crippen molar-refractivity contribution >= 4 is 17.3 Å². The highest BCUT2D eigenvalue weighted by Crippen LogP contribution is 2.30. The Kier molecular flexibility index (Phi) is 8.17. The lowest BCUT2D eigenvalue weighted by molar-refractivity contribution is 0.0853. The highest BCUT2D eigenvalue weighted by molar-refractivity contribution is 5.67. The predicted molar refractivity (Wildman–Crippen MR) is 134 cm³/mol. The Morgan fingerprint density at radius 1 is 1.20 bits per heavy atom. The summed E-state index contributed by atoms with van der Waals surface area (Å²) in [6.45, 7) is 5.89. The van der Waals surface area contributed by atoms with Crippen molar-refractivity contribution in [2.24, 2.45) is 0 Å². The maximum atomic E-state index is 9.97. The van der Waals surface area contributed by atoms with Gasteiger partial charge in [-0.15, -0.1) is 0 Å².